The smallest absolute Gasteiger partial charge is 0.349 e. The van der Waals surface area contributed by atoms with E-state index in [1.165, 1.54) is 32.0 Å². The maximum absolute atomic E-state index is 12.9. The molecule has 3 amide bonds. The van der Waals surface area contributed by atoms with Gasteiger partial charge in [0.05, 0.1) is 5.92 Å². The standard InChI is InChI=1S/C18H22F3N3O3/c1-10(25)22-15-6-12(7-16(9-15)23-11(2)26)17(27)24-14-5-3-4-13(8-14)18(19,20)21/h6-7,9,13-14H,3-5,8H2,1-2H3,(H,22,25)(H,23,26)(H,24,27). The Bertz CT molecular complexity index is 700. The van der Waals surface area contributed by atoms with Gasteiger partial charge in [0.15, 0.2) is 0 Å². The van der Waals surface area contributed by atoms with Crippen molar-refractivity contribution in [3.8, 4) is 0 Å². The van der Waals surface area contributed by atoms with E-state index in [9.17, 15) is 27.6 Å². The summed E-state index contributed by atoms with van der Waals surface area (Å²) in [6, 6.07) is 3.73. The summed E-state index contributed by atoms with van der Waals surface area (Å²) in [6.45, 7) is 2.59. The van der Waals surface area contributed by atoms with Crippen molar-refractivity contribution < 1.29 is 27.6 Å². The largest absolute Gasteiger partial charge is 0.391 e. The second-order valence-corrected chi connectivity index (χ2v) is 6.74. The molecule has 1 aliphatic carbocycles. The molecule has 3 N–H and O–H groups in total. The van der Waals surface area contributed by atoms with Crippen LogP contribution in [0, 0.1) is 5.92 Å². The molecule has 1 aliphatic rings. The maximum Gasteiger partial charge on any atom is 0.391 e. The third-order valence-corrected chi connectivity index (χ3v) is 4.31. The first-order valence-corrected chi connectivity index (χ1v) is 8.62. The molecule has 148 valence electrons. The molecule has 0 spiro atoms. The number of hydrogen-bond donors (Lipinski definition) is 3. The number of alkyl halides is 3. The van der Waals surface area contributed by atoms with Crippen LogP contribution < -0.4 is 16.0 Å². The third kappa shape index (κ3) is 6.26. The van der Waals surface area contributed by atoms with Gasteiger partial charge >= 0.3 is 6.18 Å². The Morgan fingerprint density at radius 1 is 0.963 bits per heavy atom. The van der Waals surface area contributed by atoms with E-state index in [4.69, 9.17) is 0 Å². The zero-order valence-corrected chi connectivity index (χ0v) is 15.1. The lowest BCUT2D eigenvalue weighted by molar-refractivity contribution is -0.183. The van der Waals surface area contributed by atoms with Crippen LogP contribution in [0.4, 0.5) is 24.5 Å². The predicted molar refractivity (Wildman–Crippen MR) is 94.3 cm³/mol. The van der Waals surface area contributed by atoms with Crippen LogP contribution in [-0.4, -0.2) is 29.9 Å². The van der Waals surface area contributed by atoms with Crippen LogP contribution in [0.5, 0.6) is 0 Å². The van der Waals surface area contributed by atoms with Gasteiger partial charge in [0.1, 0.15) is 0 Å². The third-order valence-electron chi connectivity index (χ3n) is 4.31. The number of rotatable bonds is 4. The molecule has 1 fully saturated rings. The molecule has 0 radical (unpaired) electrons. The molecule has 2 atom stereocenters. The van der Waals surface area contributed by atoms with Crippen molar-refractivity contribution in [2.75, 3.05) is 10.6 Å². The highest BCUT2D eigenvalue weighted by molar-refractivity contribution is 6.00. The first-order valence-electron chi connectivity index (χ1n) is 8.62. The molecule has 27 heavy (non-hydrogen) atoms. The summed E-state index contributed by atoms with van der Waals surface area (Å²) in [5, 5.41) is 7.68. The molecule has 0 heterocycles. The molecule has 1 saturated carbocycles. The van der Waals surface area contributed by atoms with Crippen LogP contribution in [0.1, 0.15) is 49.9 Å². The lowest BCUT2D eigenvalue weighted by Gasteiger charge is -2.31. The van der Waals surface area contributed by atoms with E-state index in [0.717, 1.165) is 0 Å². The number of carbonyl (C=O) groups is 3. The molecule has 0 aromatic heterocycles. The number of benzene rings is 1. The fourth-order valence-electron chi connectivity index (χ4n) is 3.20. The van der Waals surface area contributed by atoms with Crippen molar-refractivity contribution in [1.29, 1.82) is 0 Å². The van der Waals surface area contributed by atoms with E-state index in [0.29, 0.717) is 24.2 Å². The summed E-state index contributed by atoms with van der Waals surface area (Å²) < 4.78 is 38.8. The lowest BCUT2D eigenvalue weighted by atomic mass is 9.85. The molecule has 0 saturated heterocycles. The van der Waals surface area contributed by atoms with Gasteiger partial charge in [-0.25, -0.2) is 0 Å². The molecular weight excluding hydrogens is 363 g/mol. The Hall–Kier alpha value is -2.58. The minimum Gasteiger partial charge on any atom is -0.349 e. The summed E-state index contributed by atoms with van der Waals surface area (Å²) in [5.41, 5.74) is 0.741. The van der Waals surface area contributed by atoms with Gasteiger partial charge in [-0.05, 0) is 37.5 Å². The van der Waals surface area contributed by atoms with Crippen molar-refractivity contribution in [2.24, 2.45) is 5.92 Å². The molecule has 1 aromatic rings. The molecule has 0 bridgehead atoms. The van der Waals surface area contributed by atoms with E-state index >= 15 is 0 Å². The molecule has 1 aromatic carbocycles. The van der Waals surface area contributed by atoms with Crippen molar-refractivity contribution in [3.63, 3.8) is 0 Å². The highest BCUT2D eigenvalue weighted by atomic mass is 19.4. The van der Waals surface area contributed by atoms with Gasteiger partial charge in [-0.2, -0.15) is 13.2 Å². The van der Waals surface area contributed by atoms with Crippen molar-refractivity contribution >= 4 is 29.1 Å². The second-order valence-electron chi connectivity index (χ2n) is 6.74. The van der Waals surface area contributed by atoms with Crippen molar-refractivity contribution in [3.05, 3.63) is 23.8 Å². The normalized spacial score (nSPS) is 19.9. The molecule has 2 unspecified atom stereocenters. The quantitative estimate of drug-likeness (QED) is 0.742. The van der Waals surface area contributed by atoms with Gasteiger partial charge in [-0.15, -0.1) is 0 Å². The molecular formula is C18H22F3N3O3. The van der Waals surface area contributed by atoms with E-state index in [1.807, 2.05) is 0 Å². The summed E-state index contributed by atoms with van der Waals surface area (Å²) in [5.74, 6) is -2.69. The summed E-state index contributed by atoms with van der Waals surface area (Å²) in [4.78, 5) is 35.1. The average Bonchev–Trinajstić information content (AvgIpc) is 2.52. The van der Waals surface area contributed by atoms with Crippen LogP contribution in [-0.2, 0) is 9.59 Å². The topological polar surface area (TPSA) is 87.3 Å². The van der Waals surface area contributed by atoms with Crippen LogP contribution in [0.25, 0.3) is 0 Å². The fraction of sp³-hybridized carbons (Fsp3) is 0.500. The number of anilines is 2. The van der Waals surface area contributed by atoms with Crippen molar-refractivity contribution in [1.82, 2.24) is 5.32 Å². The molecule has 9 heteroatoms. The van der Waals surface area contributed by atoms with Gasteiger partial charge in [-0.3, -0.25) is 14.4 Å². The minimum absolute atomic E-state index is 0.0700. The highest BCUT2D eigenvalue weighted by Gasteiger charge is 2.42. The van der Waals surface area contributed by atoms with E-state index in [-0.39, 0.29) is 30.2 Å². The Labute approximate surface area is 154 Å². The second kappa shape index (κ2) is 8.41. The van der Waals surface area contributed by atoms with Gasteiger partial charge in [0.2, 0.25) is 11.8 Å². The predicted octanol–water partition coefficient (Wildman–Crippen LogP) is 3.45. The number of carbonyl (C=O) groups excluding carboxylic acids is 3. The number of nitrogens with one attached hydrogen (secondary N) is 3. The molecule has 2 rings (SSSR count). The van der Waals surface area contributed by atoms with Crippen molar-refractivity contribution in [2.45, 2.75) is 51.7 Å². The SMILES string of the molecule is CC(=O)Nc1cc(NC(C)=O)cc(C(=O)NC2CCCC(C(F)(F)F)C2)c1. The Balaban J connectivity index is 2.16. The number of halogens is 3. The van der Waals surface area contributed by atoms with Crippen LogP contribution in [0.2, 0.25) is 0 Å². The Morgan fingerprint density at radius 2 is 1.52 bits per heavy atom. The van der Waals surface area contributed by atoms with Crippen LogP contribution >= 0.6 is 0 Å². The van der Waals surface area contributed by atoms with Crippen LogP contribution in [0.3, 0.4) is 0 Å². The Morgan fingerprint density at radius 3 is 2.00 bits per heavy atom. The van der Waals surface area contributed by atoms with E-state index < -0.39 is 24.0 Å². The highest BCUT2D eigenvalue weighted by Crippen LogP contribution is 2.37. The first kappa shape index (κ1) is 20.7. The van der Waals surface area contributed by atoms with Gasteiger partial charge in [0, 0.05) is 36.8 Å². The number of hydrogen-bond acceptors (Lipinski definition) is 3. The van der Waals surface area contributed by atoms with Gasteiger partial charge in [-0.1, -0.05) is 6.42 Å². The van der Waals surface area contributed by atoms with Gasteiger partial charge in [0.25, 0.3) is 5.91 Å². The van der Waals surface area contributed by atoms with Gasteiger partial charge < -0.3 is 16.0 Å². The molecule has 6 nitrogen and oxygen atoms in total. The summed E-state index contributed by atoms with van der Waals surface area (Å²) in [7, 11) is 0. The minimum atomic E-state index is -4.27. The van der Waals surface area contributed by atoms with E-state index in [1.54, 1.807) is 0 Å². The zero-order valence-electron chi connectivity index (χ0n) is 15.1. The first-order chi connectivity index (χ1) is 12.5. The summed E-state index contributed by atoms with van der Waals surface area (Å²) in [6.07, 6.45) is -3.49. The lowest BCUT2D eigenvalue weighted by Crippen LogP contribution is -2.41. The monoisotopic (exact) mass is 385 g/mol. The summed E-state index contributed by atoms with van der Waals surface area (Å²) >= 11 is 0. The number of amides is 3. The van der Waals surface area contributed by atoms with Crippen LogP contribution in [0.15, 0.2) is 18.2 Å². The Kier molecular flexibility index (Phi) is 6.45. The zero-order chi connectivity index (χ0) is 20.2. The average molecular weight is 385 g/mol. The fourth-order valence-corrected chi connectivity index (χ4v) is 3.20. The maximum atomic E-state index is 12.9. The molecule has 0 aliphatic heterocycles. The van der Waals surface area contributed by atoms with E-state index in [2.05, 4.69) is 16.0 Å².